The molecule has 0 aliphatic rings. The molecule has 80 valence electrons. The van der Waals surface area contributed by atoms with Crippen molar-refractivity contribution in [2.75, 3.05) is 0 Å². The summed E-state index contributed by atoms with van der Waals surface area (Å²) in [6.45, 7) is 3.18. The van der Waals surface area contributed by atoms with Crippen LogP contribution in [-0.2, 0) is 11.2 Å². The molecule has 0 saturated carbocycles. The van der Waals surface area contributed by atoms with Crippen molar-refractivity contribution in [3.05, 3.63) is 35.4 Å². The summed E-state index contributed by atoms with van der Waals surface area (Å²) < 4.78 is 0. The topological polar surface area (TPSA) is 54.4 Å². The van der Waals surface area contributed by atoms with E-state index >= 15 is 0 Å². The number of carbonyl (C=O) groups excluding carboxylic acids is 1. The average Bonchev–Trinajstić information content (AvgIpc) is 2.18. The maximum absolute atomic E-state index is 11.0. The van der Waals surface area contributed by atoms with Crippen LogP contribution >= 0.6 is 0 Å². The molecule has 3 heteroatoms. The summed E-state index contributed by atoms with van der Waals surface area (Å²) in [6.07, 6.45) is 0.494. The standard InChI is InChI=1S/C12H14O3/c1-8(12(14)15)7-10-3-5-11(6-4-10)9(2)13/h3-6,8H,7H2,1-2H3,(H,14,15)/t8-/m0/s1. The molecule has 0 heterocycles. The first kappa shape index (κ1) is 11.4. The van der Waals surface area contributed by atoms with Gasteiger partial charge in [0.05, 0.1) is 5.92 Å². The van der Waals surface area contributed by atoms with Gasteiger partial charge < -0.3 is 5.11 Å². The van der Waals surface area contributed by atoms with Crippen molar-refractivity contribution in [1.82, 2.24) is 0 Å². The summed E-state index contributed by atoms with van der Waals surface area (Å²) in [6, 6.07) is 7.06. The first-order chi connectivity index (χ1) is 7.00. The van der Waals surface area contributed by atoms with Crippen LogP contribution in [0.3, 0.4) is 0 Å². The molecule has 15 heavy (non-hydrogen) atoms. The highest BCUT2D eigenvalue weighted by Gasteiger charge is 2.11. The number of carbonyl (C=O) groups is 2. The Hall–Kier alpha value is -1.64. The van der Waals surface area contributed by atoms with E-state index in [9.17, 15) is 9.59 Å². The zero-order chi connectivity index (χ0) is 11.4. The lowest BCUT2D eigenvalue weighted by atomic mass is 10.00. The first-order valence-corrected chi connectivity index (χ1v) is 4.83. The third kappa shape index (κ3) is 3.20. The molecule has 0 fully saturated rings. The summed E-state index contributed by atoms with van der Waals surface area (Å²) >= 11 is 0. The third-order valence-electron chi connectivity index (χ3n) is 2.32. The van der Waals surface area contributed by atoms with Gasteiger partial charge in [-0.25, -0.2) is 0 Å². The molecular formula is C12H14O3. The van der Waals surface area contributed by atoms with Crippen LogP contribution in [0.1, 0.15) is 29.8 Å². The van der Waals surface area contributed by atoms with Gasteiger partial charge in [0.1, 0.15) is 0 Å². The van der Waals surface area contributed by atoms with E-state index in [1.54, 1.807) is 31.2 Å². The predicted octanol–water partition coefficient (Wildman–Crippen LogP) is 2.15. The fraction of sp³-hybridized carbons (Fsp3) is 0.333. The number of Topliss-reactive ketones (excluding diaryl/α,β-unsaturated/α-hetero) is 1. The molecule has 0 aliphatic carbocycles. The zero-order valence-electron chi connectivity index (χ0n) is 8.86. The number of carboxylic acids is 1. The highest BCUT2D eigenvalue weighted by molar-refractivity contribution is 5.94. The number of rotatable bonds is 4. The van der Waals surface area contributed by atoms with Crippen molar-refractivity contribution in [2.24, 2.45) is 5.92 Å². The van der Waals surface area contributed by atoms with E-state index < -0.39 is 11.9 Å². The van der Waals surface area contributed by atoms with Crippen LogP contribution in [0.5, 0.6) is 0 Å². The van der Waals surface area contributed by atoms with Gasteiger partial charge in [-0.05, 0) is 18.9 Å². The molecular weight excluding hydrogens is 192 g/mol. The molecule has 0 amide bonds. The molecule has 0 radical (unpaired) electrons. The van der Waals surface area contributed by atoms with Crippen molar-refractivity contribution in [3.8, 4) is 0 Å². The SMILES string of the molecule is CC(=O)c1ccc(C[C@H](C)C(=O)O)cc1. The van der Waals surface area contributed by atoms with E-state index in [1.165, 1.54) is 6.92 Å². The smallest absolute Gasteiger partial charge is 0.306 e. The molecule has 1 aromatic carbocycles. The lowest BCUT2D eigenvalue weighted by molar-refractivity contribution is -0.141. The minimum Gasteiger partial charge on any atom is -0.481 e. The van der Waals surface area contributed by atoms with Gasteiger partial charge in [0.25, 0.3) is 0 Å². The number of ketones is 1. The van der Waals surface area contributed by atoms with Crippen molar-refractivity contribution in [2.45, 2.75) is 20.3 Å². The van der Waals surface area contributed by atoms with Gasteiger partial charge in [-0.15, -0.1) is 0 Å². The minimum atomic E-state index is -0.800. The highest BCUT2D eigenvalue weighted by atomic mass is 16.4. The molecule has 0 spiro atoms. The Kier molecular flexibility index (Phi) is 3.61. The van der Waals surface area contributed by atoms with Gasteiger partial charge in [-0.2, -0.15) is 0 Å². The molecule has 3 nitrogen and oxygen atoms in total. The molecule has 1 N–H and O–H groups in total. The number of aliphatic carboxylic acids is 1. The second kappa shape index (κ2) is 4.73. The Balaban J connectivity index is 2.72. The van der Waals surface area contributed by atoms with Crippen molar-refractivity contribution >= 4 is 11.8 Å². The molecule has 0 saturated heterocycles. The maximum Gasteiger partial charge on any atom is 0.306 e. The van der Waals surface area contributed by atoms with E-state index in [1.807, 2.05) is 0 Å². The van der Waals surface area contributed by atoms with E-state index in [4.69, 9.17) is 5.11 Å². The summed E-state index contributed by atoms with van der Waals surface area (Å²) in [5.41, 5.74) is 1.59. The third-order valence-corrected chi connectivity index (χ3v) is 2.32. The van der Waals surface area contributed by atoms with Gasteiger partial charge in [0.15, 0.2) is 5.78 Å². The summed E-state index contributed by atoms with van der Waals surface area (Å²) in [4.78, 5) is 21.6. The molecule has 1 rings (SSSR count). The molecule has 0 aromatic heterocycles. The molecule has 0 aliphatic heterocycles. The van der Waals surface area contributed by atoms with Gasteiger partial charge in [0.2, 0.25) is 0 Å². The van der Waals surface area contributed by atoms with Crippen LogP contribution in [0.15, 0.2) is 24.3 Å². The number of hydrogen-bond acceptors (Lipinski definition) is 2. The van der Waals surface area contributed by atoms with Crippen LogP contribution in [0.25, 0.3) is 0 Å². The Morgan fingerprint density at radius 1 is 1.27 bits per heavy atom. The van der Waals surface area contributed by atoms with Crippen LogP contribution in [-0.4, -0.2) is 16.9 Å². The normalized spacial score (nSPS) is 12.1. The van der Waals surface area contributed by atoms with E-state index in [2.05, 4.69) is 0 Å². The minimum absolute atomic E-state index is 0.0211. The van der Waals surface area contributed by atoms with Crippen molar-refractivity contribution < 1.29 is 14.7 Å². The zero-order valence-corrected chi connectivity index (χ0v) is 8.86. The van der Waals surface area contributed by atoms with Gasteiger partial charge in [-0.3, -0.25) is 9.59 Å². The molecule has 1 aromatic rings. The van der Waals surface area contributed by atoms with Crippen molar-refractivity contribution in [3.63, 3.8) is 0 Å². The van der Waals surface area contributed by atoms with Crippen LogP contribution in [0.4, 0.5) is 0 Å². The second-order valence-corrected chi connectivity index (χ2v) is 3.70. The van der Waals surface area contributed by atoms with Crippen LogP contribution in [0, 0.1) is 5.92 Å². The fourth-order valence-corrected chi connectivity index (χ4v) is 1.32. The quantitative estimate of drug-likeness (QED) is 0.768. The van der Waals surface area contributed by atoms with Crippen LogP contribution in [0.2, 0.25) is 0 Å². The lowest BCUT2D eigenvalue weighted by Crippen LogP contribution is -2.12. The monoisotopic (exact) mass is 206 g/mol. The molecule has 0 bridgehead atoms. The number of hydrogen-bond donors (Lipinski definition) is 1. The summed E-state index contributed by atoms with van der Waals surface area (Å²) in [5, 5.41) is 8.73. The highest BCUT2D eigenvalue weighted by Crippen LogP contribution is 2.10. The van der Waals surface area contributed by atoms with E-state index in [0.717, 1.165) is 5.56 Å². The van der Waals surface area contributed by atoms with Gasteiger partial charge in [-0.1, -0.05) is 31.2 Å². The van der Waals surface area contributed by atoms with Gasteiger partial charge >= 0.3 is 5.97 Å². The lowest BCUT2D eigenvalue weighted by Gasteiger charge is -2.06. The average molecular weight is 206 g/mol. The summed E-state index contributed by atoms with van der Waals surface area (Å²) in [5.74, 6) is -1.17. The molecule has 1 atom stereocenters. The summed E-state index contributed by atoms with van der Waals surface area (Å²) in [7, 11) is 0. The number of benzene rings is 1. The molecule has 0 unspecified atom stereocenters. The van der Waals surface area contributed by atoms with Crippen LogP contribution < -0.4 is 0 Å². The first-order valence-electron chi connectivity index (χ1n) is 4.83. The number of carboxylic acid groups (broad SMARTS) is 1. The fourth-order valence-electron chi connectivity index (χ4n) is 1.32. The predicted molar refractivity (Wildman–Crippen MR) is 57.0 cm³/mol. The van der Waals surface area contributed by atoms with E-state index in [0.29, 0.717) is 12.0 Å². The Morgan fingerprint density at radius 3 is 2.20 bits per heavy atom. The Morgan fingerprint density at radius 2 is 1.80 bits per heavy atom. The van der Waals surface area contributed by atoms with Gasteiger partial charge in [0, 0.05) is 5.56 Å². The van der Waals surface area contributed by atoms with E-state index in [-0.39, 0.29) is 5.78 Å². The Bertz CT molecular complexity index is 365. The largest absolute Gasteiger partial charge is 0.481 e. The second-order valence-electron chi connectivity index (χ2n) is 3.70. The maximum atomic E-state index is 11.0. The Labute approximate surface area is 88.7 Å². The van der Waals surface area contributed by atoms with Crippen molar-refractivity contribution in [1.29, 1.82) is 0 Å².